The highest BCUT2D eigenvalue weighted by atomic mass is 16.2. The highest BCUT2D eigenvalue weighted by Gasteiger charge is 2.36. The number of rotatable bonds is 4. The van der Waals surface area contributed by atoms with E-state index in [1.807, 2.05) is 0 Å². The van der Waals surface area contributed by atoms with Crippen LogP contribution in [0.25, 0.3) is 0 Å². The van der Waals surface area contributed by atoms with E-state index in [0.29, 0.717) is 0 Å². The van der Waals surface area contributed by atoms with E-state index in [-0.39, 0.29) is 17.4 Å². The molecule has 1 aromatic rings. The molecule has 0 radical (unpaired) electrons. The Morgan fingerprint density at radius 3 is 2.81 bits per heavy atom. The van der Waals surface area contributed by atoms with Crippen LogP contribution >= 0.6 is 0 Å². The minimum atomic E-state index is 0.0287. The zero-order chi connectivity index (χ0) is 14.7. The van der Waals surface area contributed by atoms with Crippen molar-refractivity contribution < 1.29 is 4.79 Å². The van der Waals surface area contributed by atoms with Crippen molar-refractivity contribution >= 4 is 5.91 Å². The fraction of sp³-hybridized carbons (Fsp3) is 0.611. The fourth-order valence-electron chi connectivity index (χ4n) is 3.88. The van der Waals surface area contributed by atoms with Crippen molar-refractivity contribution in [1.82, 2.24) is 10.6 Å². The molecule has 21 heavy (non-hydrogen) atoms. The molecule has 1 unspecified atom stereocenters. The van der Waals surface area contributed by atoms with Crippen molar-refractivity contribution in [1.29, 1.82) is 0 Å². The molecule has 2 aliphatic rings. The Morgan fingerprint density at radius 1 is 1.33 bits per heavy atom. The number of benzene rings is 1. The molecule has 1 heterocycles. The second kappa shape index (κ2) is 6.18. The summed E-state index contributed by atoms with van der Waals surface area (Å²) in [5.41, 5.74) is 2.86. The summed E-state index contributed by atoms with van der Waals surface area (Å²) in [6.45, 7) is 3.90. The zero-order valence-electron chi connectivity index (χ0n) is 13.0. The van der Waals surface area contributed by atoms with Crippen LogP contribution in [-0.4, -0.2) is 25.0 Å². The van der Waals surface area contributed by atoms with Crippen LogP contribution in [0.5, 0.6) is 0 Å². The quantitative estimate of drug-likeness (QED) is 0.893. The van der Waals surface area contributed by atoms with Gasteiger partial charge in [-0.3, -0.25) is 4.79 Å². The van der Waals surface area contributed by atoms with E-state index in [2.05, 4.69) is 41.8 Å². The Labute approximate surface area is 127 Å². The zero-order valence-corrected chi connectivity index (χ0v) is 13.0. The third-order valence-electron chi connectivity index (χ3n) is 5.17. The summed E-state index contributed by atoms with van der Waals surface area (Å²) in [5.74, 6) is 0.187. The summed E-state index contributed by atoms with van der Waals surface area (Å²) in [5, 5.41) is 6.50. The van der Waals surface area contributed by atoms with Gasteiger partial charge in [-0.25, -0.2) is 0 Å². The molecule has 3 heteroatoms. The lowest BCUT2D eigenvalue weighted by molar-refractivity contribution is -0.123. The average molecular weight is 286 g/mol. The van der Waals surface area contributed by atoms with Crippen LogP contribution < -0.4 is 10.6 Å². The van der Waals surface area contributed by atoms with Crippen LogP contribution in [0.3, 0.4) is 0 Å². The number of amides is 1. The fourth-order valence-corrected chi connectivity index (χ4v) is 3.88. The molecule has 2 fully saturated rings. The van der Waals surface area contributed by atoms with Crippen molar-refractivity contribution in [3.8, 4) is 0 Å². The minimum Gasteiger partial charge on any atom is -0.354 e. The van der Waals surface area contributed by atoms with Gasteiger partial charge in [-0.1, -0.05) is 42.7 Å². The van der Waals surface area contributed by atoms with Gasteiger partial charge in [0.25, 0.3) is 0 Å². The van der Waals surface area contributed by atoms with E-state index < -0.39 is 0 Å². The molecule has 114 valence electrons. The van der Waals surface area contributed by atoms with Gasteiger partial charge in [0, 0.05) is 12.0 Å². The minimum absolute atomic E-state index is 0.0287. The first-order valence-corrected chi connectivity index (χ1v) is 8.28. The van der Waals surface area contributed by atoms with Crippen LogP contribution in [0, 0.1) is 6.92 Å². The van der Waals surface area contributed by atoms with E-state index in [0.717, 1.165) is 25.9 Å². The summed E-state index contributed by atoms with van der Waals surface area (Å²) < 4.78 is 0. The summed E-state index contributed by atoms with van der Waals surface area (Å²) in [4.78, 5) is 12.3. The highest BCUT2D eigenvalue weighted by Crippen LogP contribution is 2.40. The van der Waals surface area contributed by atoms with Crippen molar-refractivity contribution in [2.45, 2.75) is 56.9 Å². The molecule has 3 rings (SSSR count). The number of hydrogen-bond acceptors (Lipinski definition) is 2. The number of hydrogen-bond donors (Lipinski definition) is 2. The molecular weight excluding hydrogens is 260 g/mol. The molecule has 1 saturated carbocycles. The lowest BCUT2D eigenvalue weighted by Crippen LogP contribution is -2.46. The van der Waals surface area contributed by atoms with Gasteiger partial charge in [0.2, 0.25) is 5.91 Å². The number of aryl methyl sites for hydroxylation is 1. The third kappa shape index (κ3) is 3.13. The molecule has 1 saturated heterocycles. The van der Waals surface area contributed by atoms with Gasteiger partial charge < -0.3 is 10.6 Å². The lowest BCUT2D eigenvalue weighted by atomic mass is 9.78. The molecule has 0 bridgehead atoms. The van der Waals surface area contributed by atoms with Gasteiger partial charge in [0.15, 0.2) is 0 Å². The Kier molecular flexibility index (Phi) is 4.29. The molecule has 1 aliphatic heterocycles. The molecule has 0 aromatic heterocycles. The van der Waals surface area contributed by atoms with Crippen molar-refractivity contribution in [3.05, 3.63) is 35.4 Å². The molecule has 1 atom stereocenters. The smallest absolute Gasteiger partial charge is 0.237 e. The normalized spacial score (nSPS) is 24.1. The summed E-state index contributed by atoms with van der Waals surface area (Å²) >= 11 is 0. The Balaban J connectivity index is 1.71. The Bertz CT molecular complexity index is 500. The molecule has 1 amide bonds. The third-order valence-corrected chi connectivity index (χ3v) is 5.17. The van der Waals surface area contributed by atoms with E-state index in [9.17, 15) is 4.79 Å². The second-order valence-corrected chi connectivity index (χ2v) is 6.72. The SMILES string of the molecule is Cc1cccc(C2(CNC(=O)C3CCCN3)CCCC2)c1. The van der Waals surface area contributed by atoms with Crippen molar-refractivity contribution in [2.24, 2.45) is 0 Å². The summed E-state index contributed by atoms with van der Waals surface area (Å²) in [7, 11) is 0. The monoisotopic (exact) mass is 286 g/mol. The number of carbonyl (C=O) groups excluding carboxylic acids is 1. The van der Waals surface area contributed by atoms with Crippen LogP contribution in [0.2, 0.25) is 0 Å². The van der Waals surface area contributed by atoms with Gasteiger partial charge in [-0.2, -0.15) is 0 Å². The molecule has 0 spiro atoms. The first-order chi connectivity index (χ1) is 10.2. The highest BCUT2D eigenvalue weighted by molar-refractivity contribution is 5.82. The summed E-state index contributed by atoms with van der Waals surface area (Å²) in [6.07, 6.45) is 7.00. The van der Waals surface area contributed by atoms with E-state index in [1.54, 1.807) is 0 Å². The maximum absolute atomic E-state index is 12.3. The number of nitrogens with one attached hydrogen (secondary N) is 2. The number of carbonyl (C=O) groups is 1. The standard InChI is InChI=1S/C18H26N2O/c1-14-6-4-7-15(12-14)18(9-2-3-10-18)13-20-17(21)16-8-5-11-19-16/h4,6-7,12,16,19H,2-3,5,8-11,13H2,1H3,(H,20,21). The van der Waals surface area contributed by atoms with Crippen LogP contribution in [-0.2, 0) is 10.2 Å². The van der Waals surface area contributed by atoms with Gasteiger partial charge in [-0.05, 0) is 44.7 Å². The molecule has 3 nitrogen and oxygen atoms in total. The van der Waals surface area contributed by atoms with Crippen molar-refractivity contribution in [3.63, 3.8) is 0 Å². The van der Waals surface area contributed by atoms with Crippen LogP contribution in [0.15, 0.2) is 24.3 Å². The van der Waals surface area contributed by atoms with Gasteiger partial charge in [0.1, 0.15) is 0 Å². The first kappa shape index (κ1) is 14.6. The van der Waals surface area contributed by atoms with Crippen LogP contribution in [0.4, 0.5) is 0 Å². The molecular formula is C18H26N2O. The average Bonchev–Trinajstić information content (AvgIpc) is 3.17. The van der Waals surface area contributed by atoms with E-state index in [4.69, 9.17) is 0 Å². The lowest BCUT2D eigenvalue weighted by Gasteiger charge is -2.31. The first-order valence-electron chi connectivity index (χ1n) is 8.28. The van der Waals surface area contributed by atoms with Crippen LogP contribution in [0.1, 0.15) is 49.7 Å². The predicted octanol–water partition coefficient (Wildman–Crippen LogP) is 2.68. The molecule has 1 aromatic carbocycles. The van der Waals surface area contributed by atoms with Gasteiger partial charge in [-0.15, -0.1) is 0 Å². The van der Waals surface area contributed by atoms with Crippen molar-refractivity contribution in [2.75, 3.05) is 13.1 Å². The summed E-state index contributed by atoms with van der Waals surface area (Å²) in [6, 6.07) is 8.85. The molecule has 2 N–H and O–H groups in total. The Hall–Kier alpha value is -1.35. The second-order valence-electron chi connectivity index (χ2n) is 6.72. The van der Waals surface area contributed by atoms with E-state index in [1.165, 1.54) is 36.8 Å². The maximum Gasteiger partial charge on any atom is 0.237 e. The van der Waals surface area contributed by atoms with Gasteiger partial charge in [0.05, 0.1) is 6.04 Å². The largest absolute Gasteiger partial charge is 0.354 e. The van der Waals surface area contributed by atoms with E-state index >= 15 is 0 Å². The predicted molar refractivity (Wildman–Crippen MR) is 85.4 cm³/mol. The topological polar surface area (TPSA) is 41.1 Å². The van der Waals surface area contributed by atoms with Gasteiger partial charge >= 0.3 is 0 Å². The molecule has 1 aliphatic carbocycles. The Morgan fingerprint density at radius 2 is 2.14 bits per heavy atom. The maximum atomic E-state index is 12.3.